The van der Waals surface area contributed by atoms with Crippen LogP contribution in [0.2, 0.25) is 0 Å². The van der Waals surface area contributed by atoms with Gasteiger partial charge in [0.1, 0.15) is 0 Å². The molecule has 1 saturated carbocycles. The normalized spacial score (nSPS) is 22.5. The molecule has 0 aromatic carbocycles. The lowest BCUT2D eigenvalue weighted by Crippen LogP contribution is -2.47. The van der Waals surface area contributed by atoms with E-state index in [1.807, 2.05) is 20.0 Å². The van der Waals surface area contributed by atoms with Crippen LogP contribution in [0.5, 0.6) is 0 Å². The third-order valence-corrected chi connectivity index (χ3v) is 5.78. The van der Waals surface area contributed by atoms with Crippen LogP contribution in [0.1, 0.15) is 46.0 Å². The zero-order chi connectivity index (χ0) is 16.0. The predicted molar refractivity (Wildman–Crippen MR) is 85.4 cm³/mol. The summed E-state index contributed by atoms with van der Waals surface area (Å²) in [6.07, 6.45) is 8.10. The minimum absolute atomic E-state index is 0.00888. The van der Waals surface area contributed by atoms with Crippen LogP contribution in [-0.4, -0.2) is 46.8 Å². The Balaban J connectivity index is 2.00. The van der Waals surface area contributed by atoms with E-state index < -0.39 is 10.2 Å². The predicted octanol–water partition coefficient (Wildman–Crippen LogP) is 1.40. The van der Waals surface area contributed by atoms with Gasteiger partial charge in [0.15, 0.2) is 0 Å². The fraction of sp³-hybridized carbons (Fsp3) is 0.857. The van der Waals surface area contributed by atoms with E-state index in [9.17, 15) is 8.42 Å². The van der Waals surface area contributed by atoms with Crippen molar-refractivity contribution >= 4 is 10.2 Å². The topological polar surface area (TPSA) is 80.1 Å². The number of rotatable bonds is 9. The number of nitrogens with zero attached hydrogens (tertiary/aromatic N) is 4. The van der Waals surface area contributed by atoms with Gasteiger partial charge in [-0.15, -0.1) is 5.10 Å². The minimum Gasteiger partial charge on any atom is -0.252 e. The number of aromatic nitrogens is 3. The van der Waals surface area contributed by atoms with Crippen LogP contribution < -0.4 is 4.72 Å². The summed E-state index contributed by atoms with van der Waals surface area (Å²) in [4.78, 5) is 0. The monoisotopic (exact) mass is 329 g/mol. The van der Waals surface area contributed by atoms with E-state index in [1.165, 1.54) is 0 Å². The summed E-state index contributed by atoms with van der Waals surface area (Å²) in [6.45, 7) is 5.87. The van der Waals surface area contributed by atoms with Crippen LogP contribution in [0.25, 0.3) is 0 Å². The lowest BCUT2D eigenvalue weighted by atomic mass is 10.1. The Morgan fingerprint density at radius 2 is 2.00 bits per heavy atom. The second-order valence-corrected chi connectivity index (χ2v) is 7.65. The van der Waals surface area contributed by atoms with Crippen LogP contribution >= 0.6 is 0 Å². The zero-order valence-corrected chi connectivity index (χ0v) is 14.3. The molecule has 1 aliphatic rings. The first-order chi connectivity index (χ1) is 10.6. The van der Waals surface area contributed by atoms with Crippen molar-refractivity contribution in [2.45, 2.75) is 58.5 Å². The minimum atomic E-state index is -3.40. The van der Waals surface area contributed by atoms with E-state index in [0.717, 1.165) is 38.6 Å². The Morgan fingerprint density at radius 1 is 1.27 bits per heavy atom. The van der Waals surface area contributed by atoms with Gasteiger partial charge in [-0.1, -0.05) is 25.5 Å². The molecule has 1 aromatic heterocycles. The van der Waals surface area contributed by atoms with Gasteiger partial charge in [-0.25, -0.2) is 0 Å². The smallest absolute Gasteiger partial charge is 0.252 e. The molecule has 8 heteroatoms. The molecule has 0 bridgehead atoms. The molecule has 0 radical (unpaired) electrons. The molecule has 0 spiro atoms. The summed E-state index contributed by atoms with van der Waals surface area (Å²) < 4.78 is 31.5. The largest absolute Gasteiger partial charge is 0.279 e. The third kappa shape index (κ3) is 4.50. The molecular formula is C14H27N5O2S. The summed E-state index contributed by atoms with van der Waals surface area (Å²) in [5, 5.41) is 7.79. The molecule has 1 heterocycles. The van der Waals surface area contributed by atoms with Crippen molar-refractivity contribution in [3.63, 3.8) is 0 Å². The lowest BCUT2D eigenvalue weighted by molar-refractivity contribution is 0.349. The fourth-order valence-corrected chi connectivity index (χ4v) is 4.79. The van der Waals surface area contributed by atoms with E-state index in [-0.39, 0.29) is 12.0 Å². The van der Waals surface area contributed by atoms with Crippen molar-refractivity contribution in [2.75, 3.05) is 13.1 Å². The maximum atomic E-state index is 12.6. The molecular weight excluding hydrogens is 302 g/mol. The van der Waals surface area contributed by atoms with Crippen molar-refractivity contribution in [2.24, 2.45) is 5.92 Å². The molecule has 1 fully saturated rings. The van der Waals surface area contributed by atoms with Gasteiger partial charge in [-0.3, -0.25) is 4.68 Å². The van der Waals surface area contributed by atoms with Crippen molar-refractivity contribution in [1.82, 2.24) is 24.0 Å². The molecule has 7 nitrogen and oxygen atoms in total. The molecule has 126 valence electrons. The second-order valence-electron chi connectivity index (χ2n) is 5.94. The maximum absolute atomic E-state index is 12.6. The van der Waals surface area contributed by atoms with E-state index >= 15 is 0 Å². The van der Waals surface area contributed by atoms with Gasteiger partial charge < -0.3 is 0 Å². The third-order valence-electron chi connectivity index (χ3n) is 4.14. The highest BCUT2D eigenvalue weighted by Gasteiger charge is 2.33. The molecule has 2 atom stereocenters. The van der Waals surface area contributed by atoms with Gasteiger partial charge >= 0.3 is 0 Å². The molecule has 1 aliphatic carbocycles. The summed E-state index contributed by atoms with van der Waals surface area (Å²) in [6, 6.07) is -0.00888. The highest BCUT2D eigenvalue weighted by Crippen LogP contribution is 2.27. The van der Waals surface area contributed by atoms with Gasteiger partial charge in [-0.2, -0.15) is 17.4 Å². The first-order valence-corrected chi connectivity index (χ1v) is 9.62. The van der Waals surface area contributed by atoms with Crippen molar-refractivity contribution < 1.29 is 8.42 Å². The highest BCUT2D eigenvalue weighted by atomic mass is 32.2. The number of hydrogen-bond donors (Lipinski definition) is 1. The van der Waals surface area contributed by atoms with Crippen LogP contribution in [-0.2, 0) is 16.8 Å². The molecule has 2 rings (SSSR count). The first-order valence-electron chi connectivity index (χ1n) is 8.18. The number of nitrogens with one attached hydrogen (secondary N) is 1. The summed E-state index contributed by atoms with van der Waals surface area (Å²) in [5.74, 6) is 0.279. The van der Waals surface area contributed by atoms with E-state index in [2.05, 4.69) is 15.0 Å². The van der Waals surface area contributed by atoms with Gasteiger partial charge in [-0.05, 0) is 31.6 Å². The zero-order valence-electron chi connectivity index (χ0n) is 13.5. The van der Waals surface area contributed by atoms with Crippen molar-refractivity contribution in [3.8, 4) is 0 Å². The lowest BCUT2D eigenvalue weighted by Gasteiger charge is -2.26. The first kappa shape index (κ1) is 17.4. The Bertz CT molecular complexity index is 525. The molecule has 0 amide bonds. The van der Waals surface area contributed by atoms with Gasteiger partial charge in [0, 0.05) is 31.9 Å². The van der Waals surface area contributed by atoms with Gasteiger partial charge in [0.25, 0.3) is 10.2 Å². The summed E-state index contributed by atoms with van der Waals surface area (Å²) >= 11 is 0. The molecule has 0 aliphatic heterocycles. The summed E-state index contributed by atoms with van der Waals surface area (Å²) in [5.41, 5.74) is 0. The van der Waals surface area contributed by atoms with E-state index in [4.69, 9.17) is 0 Å². The van der Waals surface area contributed by atoms with Crippen LogP contribution in [0, 0.1) is 5.92 Å². The van der Waals surface area contributed by atoms with Gasteiger partial charge in [0.2, 0.25) is 0 Å². The molecule has 1 N–H and O–H groups in total. The standard InChI is InChI=1S/C14H27N5O2S/c1-3-9-19(10-4-2)22(20,21)16-14-7-5-6-13(14)12-18-11-8-15-17-18/h8,11,13-14,16H,3-7,9-10,12H2,1-2H3/t13-,14-/m0/s1. The molecule has 0 saturated heterocycles. The SMILES string of the molecule is CCCN(CCC)S(=O)(=O)N[C@H]1CCC[C@H]1Cn1ccnn1. The van der Waals surface area contributed by atoms with E-state index in [1.54, 1.807) is 15.2 Å². The Hall–Kier alpha value is -0.990. The van der Waals surface area contributed by atoms with E-state index in [0.29, 0.717) is 13.1 Å². The maximum Gasteiger partial charge on any atom is 0.279 e. The highest BCUT2D eigenvalue weighted by molar-refractivity contribution is 7.87. The van der Waals surface area contributed by atoms with Crippen molar-refractivity contribution in [1.29, 1.82) is 0 Å². The second kappa shape index (κ2) is 8.03. The Kier molecular flexibility index (Phi) is 6.34. The number of hydrogen-bond acceptors (Lipinski definition) is 4. The average molecular weight is 329 g/mol. The fourth-order valence-electron chi connectivity index (χ4n) is 3.10. The summed E-state index contributed by atoms with van der Waals surface area (Å²) in [7, 11) is -3.40. The van der Waals surface area contributed by atoms with Crippen LogP contribution in [0.15, 0.2) is 12.4 Å². The van der Waals surface area contributed by atoms with Crippen LogP contribution in [0.3, 0.4) is 0 Å². The Labute approximate surface area is 133 Å². The van der Waals surface area contributed by atoms with Crippen LogP contribution in [0.4, 0.5) is 0 Å². The average Bonchev–Trinajstić information content (AvgIpc) is 3.12. The Morgan fingerprint density at radius 3 is 2.59 bits per heavy atom. The quantitative estimate of drug-likeness (QED) is 0.743. The van der Waals surface area contributed by atoms with Crippen molar-refractivity contribution in [3.05, 3.63) is 12.4 Å². The molecule has 22 heavy (non-hydrogen) atoms. The molecule has 0 unspecified atom stereocenters. The molecule has 1 aromatic rings. The van der Waals surface area contributed by atoms with Gasteiger partial charge in [0.05, 0.1) is 6.20 Å².